The van der Waals surface area contributed by atoms with Gasteiger partial charge in [0.1, 0.15) is 0 Å². The highest BCUT2D eigenvalue weighted by molar-refractivity contribution is 7.26. The van der Waals surface area contributed by atoms with E-state index < -0.39 is 0 Å². The lowest BCUT2D eigenvalue weighted by Crippen LogP contribution is -2.12. The summed E-state index contributed by atoms with van der Waals surface area (Å²) in [4.78, 5) is 4.98. The molecule has 0 radical (unpaired) electrons. The number of anilines is 6. The molecule has 4 heteroatoms. The van der Waals surface area contributed by atoms with Crippen LogP contribution in [-0.4, -0.2) is 0 Å². The highest BCUT2D eigenvalue weighted by Crippen LogP contribution is 2.51. The van der Waals surface area contributed by atoms with Gasteiger partial charge in [0.15, 0.2) is 0 Å². The van der Waals surface area contributed by atoms with Gasteiger partial charge in [-0.05, 0) is 94.3 Å². The van der Waals surface area contributed by atoms with Crippen LogP contribution < -0.4 is 9.80 Å². The first-order valence-electron chi connectivity index (χ1n) is 19.7. The monoisotopic (exact) mass is 774 g/mol. The van der Waals surface area contributed by atoms with E-state index in [1.54, 1.807) is 0 Å². The van der Waals surface area contributed by atoms with Crippen molar-refractivity contribution < 1.29 is 0 Å². The summed E-state index contributed by atoms with van der Waals surface area (Å²) in [6.07, 6.45) is 0. The van der Waals surface area contributed by atoms with Crippen molar-refractivity contribution in [3.05, 3.63) is 206 Å². The zero-order valence-corrected chi connectivity index (χ0v) is 33.0. The Bertz CT molecular complexity index is 3290. The molecular formula is C54H34N2S2. The molecule has 58 heavy (non-hydrogen) atoms. The fraction of sp³-hybridized carbons (Fsp3) is 0. The quantitative estimate of drug-likeness (QED) is 0.155. The molecule has 0 fully saturated rings. The lowest BCUT2D eigenvalue weighted by Gasteiger charge is -2.30. The van der Waals surface area contributed by atoms with Gasteiger partial charge in [-0.3, -0.25) is 0 Å². The Labute approximate surface area is 343 Å². The number of benzene rings is 10. The molecule has 0 bridgehead atoms. The Kier molecular flexibility index (Phi) is 7.62. The average molecular weight is 775 g/mol. The Hall–Kier alpha value is -6.98. The second kappa shape index (κ2) is 13.3. The Morgan fingerprint density at radius 2 is 0.586 bits per heavy atom. The molecule has 272 valence electrons. The van der Waals surface area contributed by atoms with Gasteiger partial charge in [0.25, 0.3) is 0 Å². The number of nitrogens with zero attached hydrogens (tertiary/aromatic N) is 2. The van der Waals surface area contributed by atoms with Crippen molar-refractivity contribution in [2.75, 3.05) is 9.80 Å². The molecule has 0 unspecified atom stereocenters. The number of para-hydroxylation sites is 2. The minimum atomic E-state index is 1.13. The summed E-state index contributed by atoms with van der Waals surface area (Å²) in [6, 6.07) is 75.8. The number of thiophene rings is 2. The molecule has 2 heterocycles. The maximum Gasteiger partial charge on any atom is 0.0555 e. The SMILES string of the molecule is c1ccc(N(c2cc3c4ccccc4c(N(c4ccccc4)c4cccc5sc6ccccc6c45)cc3c3ccccc23)c2cccc3sc4ccccc4c23)cc1. The molecule has 0 amide bonds. The molecule has 10 aromatic carbocycles. The van der Waals surface area contributed by atoms with Gasteiger partial charge in [-0.2, -0.15) is 0 Å². The lowest BCUT2D eigenvalue weighted by molar-refractivity contribution is 1.32. The van der Waals surface area contributed by atoms with Crippen molar-refractivity contribution in [3.63, 3.8) is 0 Å². The van der Waals surface area contributed by atoms with E-state index in [9.17, 15) is 0 Å². The molecule has 0 aliphatic rings. The van der Waals surface area contributed by atoms with Crippen molar-refractivity contribution in [2.24, 2.45) is 0 Å². The van der Waals surface area contributed by atoms with Crippen LogP contribution in [0.25, 0.3) is 72.7 Å². The maximum atomic E-state index is 2.49. The van der Waals surface area contributed by atoms with Crippen LogP contribution in [0.5, 0.6) is 0 Å². The van der Waals surface area contributed by atoms with Crippen LogP contribution in [0, 0.1) is 0 Å². The minimum Gasteiger partial charge on any atom is -0.309 e. The summed E-state index contributed by atoms with van der Waals surface area (Å²) in [6.45, 7) is 0. The summed E-state index contributed by atoms with van der Waals surface area (Å²) in [5, 5.41) is 12.4. The molecule has 0 aliphatic heterocycles. The third-order valence-corrected chi connectivity index (χ3v) is 13.9. The second-order valence-corrected chi connectivity index (χ2v) is 17.0. The van der Waals surface area contributed by atoms with Crippen LogP contribution in [0.1, 0.15) is 0 Å². The normalized spacial score (nSPS) is 11.8. The largest absolute Gasteiger partial charge is 0.309 e. The van der Waals surface area contributed by atoms with Gasteiger partial charge in [0.2, 0.25) is 0 Å². The highest BCUT2D eigenvalue weighted by atomic mass is 32.1. The standard InChI is InChI=1S/C54H34N2S2/c1-3-17-35(18-4-1)55(45-27-15-31-51-53(45)41-25-11-13-29-49(41)57-51)47-33-43-38-22-8-10-24-40(38)48(34-44(43)37-21-7-9-23-39(37)47)56(36-19-5-2-6-20-36)46-28-16-32-52-54(46)42-26-12-14-30-50(42)58-52/h1-34H. The molecule has 0 aliphatic carbocycles. The molecular weight excluding hydrogens is 741 g/mol. The van der Waals surface area contributed by atoms with Crippen molar-refractivity contribution in [2.45, 2.75) is 0 Å². The number of hydrogen-bond acceptors (Lipinski definition) is 4. The molecule has 0 saturated heterocycles. The predicted molar refractivity (Wildman–Crippen MR) is 254 cm³/mol. The van der Waals surface area contributed by atoms with Crippen LogP contribution in [0.2, 0.25) is 0 Å². The van der Waals surface area contributed by atoms with Crippen LogP contribution in [0.15, 0.2) is 206 Å². The van der Waals surface area contributed by atoms with E-state index in [1.165, 1.54) is 84.0 Å². The smallest absolute Gasteiger partial charge is 0.0555 e. The Morgan fingerprint density at radius 3 is 1.02 bits per heavy atom. The van der Waals surface area contributed by atoms with Crippen molar-refractivity contribution in [3.8, 4) is 0 Å². The summed E-state index contributed by atoms with van der Waals surface area (Å²) in [7, 11) is 0. The first-order valence-corrected chi connectivity index (χ1v) is 21.3. The van der Waals surface area contributed by atoms with Crippen LogP contribution in [0.4, 0.5) is 34.1 Å². The second-order valence-electron chi connectivity index (χ2n) is 14.8. The third-order valence-electron chi connectivity index (χ3n) is 11.6. The van der Waals surface area contributed by atoms with Gasteiger partial charge in [-0.15, -0.1) is 22.7 Å². The molecule has 0 N–H and O–H groups in total. The van der Waals surface area contributed by atoms with E-state index in [-0.39, 0.29) is 0 Å². The van der Waals surface area contributed by atoms with Crippen molar-refractivity contribution in [1.82, 2.24) is 0 Å². The zero-order valence-electron chi connectivity index (χ0n) is 31.3. The van der Waals surface area contributed by atoms with Gasteiger partial charge >= 0.3 is 0 Å². The molecule has 0 saturated carbocycles. The maximum absolute atomic E-state index is 2.49. The molecule has 12 aromatic rings. The third kappa shape index (κ3) is 5.09. The summed E-state index contributed by atoms with van der Waals surface area (Å²) in [5.41, 5.74) is 6.92. The number of fused-ring (bicyclic) bond motifs is 11. The van der Waals surface area contributed by atoms with Crippen LogP contribution >= 0.6 is 22.7 Å². The van der Waals surface area contributed by atoms with E-state index in [0.717, 1.165) is 22.7 Å². The first-order chi connectivity index (χ1) is 28.8. The van der Waals surface area contributed by atoms with Gasteiger partial charge in [0.05, 0.1) is 22.7 Å². The first kappa shape index (κ1) is 33.2. The predicted octanol–water partition coefficient (Wildman–Crippen LogP) is 16.8. The van der Waals surface area contributed by atoms with E-state index in [4.69, 9.17) is 0 Å². The van der Waals surface area contributed by atoms with Crippen LogP contribution in [-0.2, 0) is 0 Å². The average Bonchev–Trinajstić information content (AvgIpc) is 3.87. The minimum absolute atomic E-state index is 1.13. The Morgan fingerprint density at radius 1 is 0.241 bits per heavy atom. The zero-order chi connectivity index (χ0) is 38.2. The molecule has 2 nitrogen and oxygen atoms in total. The van der Waals surface area contributed by atoms with E-state index in [0.29, 0.717) is 0 Å². The summed E-state index contributed by atoms with van der Waals surface area (Å²) >= 11 is 3.73. The summed E-state index contributed by atoms with van der Waals surface area (Å²) < 4.78 is 5.17. The van der Waals surface area contributed by atoms with Crippen molar-refractivity contribution in [1.29, 1.82) is 0 Å². The molecule has 0 spiro atoms. The molecule has 12 rings (SSSR count). The lowest BCUT2D eigenvalue weighted by atomic mass is 9.93. The van der Waals surface area contributed by atoms with Crippen molar-refractivity contribution >= 4 is 129 Å². The molecule has 0 atom stereocenters. The fourth-order valence-electron chi connectivity index (χ4n) is 9.14. The van der Waals surface area contributed by atoms with Gasteiger partial charge in [-0.1, -0.05) is 133 Å². The van der Waals surface area contributed by atoms with E-state index >= 15 is 0 Å². The summed E-state index contributed by atoms with van der Waals surface area (Å²) in [5.74, 6) is 0. The van der Waals surface area contributed by atoms with E-state index in [2.05, 4.69) is 216 Å². The van der Waals surface area contributed by atoms with Crippen LogP contribution in [0.3, 0.4) is 0 Å². The topological polar surface area (TPSA) is 6.48 Å². The van der Waals surface area contributed by atoms with Gasteiger partial charge in [0, 0.05) is 62.5 Å². The Balaban J connectivity index is 1.19. The molecule has 2 aromatic heterocycles. The highest BCUT2D eigenvalue weighted by Gasteiger charge is 2.25. The number of rotatable bonds is 6. The number of hydrogen-bond donors (Lipinski definition) is 0. The van der Waals surface area contributed by atoms with E-state index in [1.807, 2.05) is 22.7 Å². The fourth-order valence-corrected chi connectivity index (χ4v) is 11.4. The van der Waals surface area contributed by atoms with Gasteiger partial charge < -0.3 is 9.80 Å². The van der Waals surface area contributed by atoms with Gasteiger partial charge in [-0.25, -0.2) is 0 Å².